The third kappa shape index (κ3) is 6.61. The van der Waals surface area contributed by atoms with Crippen LogP contribution in [0.15, 0.2) is 72.4 Å². The van der Waals surface area contributed by atoms with Crippen LogP contribution in [0, 0.1) is 18.3 Å². The average Bonchev–Trinajstić information content (AvgIpc) is 2.86. The molecular weight excluding hydrogens is 464 g/mol. The maximum atomic E-state index is 9.57. The molecule has 1 unspecified atom stereocenters. The minimum atomic E-state index is -0.311. The number of pyridine rings is 1. The summed E-state index contributed by atoms with van der Waals surface area (Å²) in [4.78, 5) is 0. The Hall–Kier alpha value is -3.22. The van der Waals surface area contributed by atoms with Crippen molar-refractivity contribution in [3.05, 3.63) is 89.1 Å². The summed E-state index contributed by atoms with van der Waals surface area (Å²) in [5.41, 5.74) is 8.79. The molecule has 0 aliphatic rings. The standard InChI is InChI=1S/C35H45N2O/c1-10-35(11-2,24-34(7,8)38-27(6)19-25(3)4)32-18-17-30(29-15-13-12-14-16-29)21-31(32)33-26(5)20-28(22-36)23-37(33)9/h12-21,23,27H,10-11,24H2,1-9H3/q+1. The molecule has 2 aromatic carbocycles. The first-order valence-electron chi connectivity index (χ1n) is 13.9. The lowest BCUT2D eigenvalue weighted by Gasteiger charge is -2.41. The molecule has 200 valence electrons. The Balaban J connectivity index is 2.24. The third-order valence-electron chi connectivity index (χ3n) is 7.70. The fraction of sp³-hybridized carbons (Fsp3) is 0.429. The van der Waals surface area contributed by atoms with Crippen molar-refractivity contribution in [2.24, 2.45) is 7.05 Å². The summed E-state index contributed by atoms with van der Waals surface area (Å²) >= 11 is 0. The molecule has 0 saturated carbocycles. The van der Waals surface area contributed by atoms with Gasteiger partial charge in [0, 0.05) is 5.56 Å². The number of benzene rings is 2. The van der Waals surface area contributed by atoms with E-state index in [-0.39, 0.29) is 17.1 Å². The van der Waals surface area contributed by atoms with E-state index >= 15 is 0 Å². The highest BCUT2D eigenvalue weighted by atomic mass is 16.5. The molecule has 0 aliphatic carbocycles. The highest BCUT2D eigenvalue weighted by Gasteiger charge is 2.39. The Kier molecular flexibility index (Phi) is 9.34. The van der Waals surface area contributed by atoms with Gasteiger partial charge in [-0.15, -0.1) is 0 Å². The summed E-state index contributed by atoms with van der Waals surface area (Å²) in [6.07, 6.45) is 7.11. The fourth-order valence-electron chi connectivity index (χ4n) is 6.21. The van der Waals surface area contributed by atoms with Crippen LogP contribution in [0.2, 0.25) is 0 Å². The molecule has 1 atom stereocenters. The second-order valence-electron chi connectivity index (χ2n) is 11.6. The maximum absolute atomic E-state index is 9.57. The summed E-state index contributed by atoms with van der Waals surface area (Å²) in [5.74, 6) is 0. The van der Waals surface area contributed by atoms with Gasteiger partial charge in [0.15, 0.2) is 6.20 Å². The van der Waals surface area contributed by atoms with Crippen molar-refractivity contribution < 1.29 is 9.30 Å². The topological polar surface area (TPSA) is 36.9 Å². The highest BCUT2D eigenvalue weighted by Crippen LogP contribution is 2.45. The van der Waals surface area contributed by atoms with Crippen LogP contribution < -0.4 is 4.57 Å². The first kappa shape index (κ1) is 29.3. The van der Waals surface area contributed by atoms with Crippen LogP contribution in [0.5, 0.6) is 0 Å². The van der Waals surface area contributed by atoms with E-state index in [0.717, 1.165) is 30.5 Å². The highest BCUT2D eigenvalue weighted by molar-refractivity contribution is 5.75. The van der Waals surface area contributed by atoms with Crippen LogP contribution in [0.4, 0.5) is 0 Å². The molecule has 0 fully saturated rings. The van der Waals surface area contributed by atoms with Crippen molar-refractivity contribution in [3.8, 4) is 28.5 Å². The smallest absolute Gasteiger partial charge is 0.215 e. The minimum Gasteiger partial charge on any atom is -0.369 e. The molecule has 0 spiro atoms. The van der Waals surface area contributed by atoms with Crippen molar-refractivity contribution in [3.63, 3.8) is 0 Å². The molecule has 0 amide bonds. The quantitative estimate of drug-likeness (QED) is 0.203. The molecule has 3 rings (SSSR count). The molecule has 1 heterocycles. The van der Waals surface area contributed by atoms with E-state index in [9.17, 15) is 5.26 Å². The van der Waals surface area contributed by atoms with E-state index in [4.69, 9.17) is 4.74 Å². The number of hydrogen-bond donors (Lipinski definition) is 0. The molecule has 3 aromatic rings. The number of nitrogens with zero attached hydrogens (tertiary/aromatic N) is 2. The number of allylic oxidation sites excluding steroid dienone is 1. The van der Waals surface area contributed by atoms with E-state index in [0.29, 0.717) is 5.56 Å². The van der Waals surface area contributed by atoms with Crippen molar-refractivity contribution in [1.29, 1.82) is 5.26 Å². The van der Waals surface area contributed by atoms with Crippen LogP contribution in [-0.2, 0) is 17.2 Å². The Morgan fingerprint density at radius 1 is 1.03 bits per heavy atom. The monoisotopic (exact) mass is 509 g/mol. The molecule has 0 N–H and O–H groups in total. The maximum Gasteiger partial charge on any atom is 0.215 e. The van der Waals surface area contributed by atoms with Gasteiger partial charge < -0.3 is 4.74 Å². The first-order valence-corrected chi connectivity index (χ1v) is 13.9. The number of aryl methyl sites for hydroxylation is 2. The number of nitriles is 1. The molecule has 3 nitrogen and oxygen atoms in total. The van der Waals surface area contributed by atoms with Gasteiger partial charge >= 0.3 is 0 Å². The average molecular weight is 510 g/mol. The Morgan fingerprint density at radius 2 is 1.68 bits per heavy atom. The van der Waals surface area contributed by atoms with E-state index in [1.165, 1.54) is 27.8 Å². The van der Waals surface area contributed by atoms with Crippen LogP contribution in [0.1, 0.15) is 84.4 Å². The Bertz CT molecular complexity index is 1300. The van der Waals surface area contributed by atoms with Gasteiger partial charge in [-0.1, -0.05) is 68.0 Å². The van der Waals surface area contributed by atoms with E-state index in [2.05, 4.69) is 128 Å². The zero-order valence-corrected chi connectivity index (χ0v) is 24.9. The summed E-state index contributed by atoms with van der Waals surface area (Å²) in [5, 5.41) is 9.57. The molecular formula is C35H45N2O+. The van der Waals surface area contributed by atoms with Gasteiger partial charge in [-0.2, -0.15) is 9.83 Å². The predicted molar refractivity (Wildman–Crippen MR) is 159 cm³/mol. The van der Waals surface area contributed by atoms with Gasteiger partial charge in [-0.3, -0.25) is 0 Å². The second-order valence-corrected chi connectivity index (χ2v) is 11.6. The summed E-state index contributed by atoms with van der Waals surface area (Å²) in [6, 6.07) is 21.8. The van der Waals surface area contributed by atoms with E-state index in [1.54, 1.807) is 0 Å². The van der Waals surface area contributed by atoms with Gasteiger partial charge in [0.25, 0.3) is 0 Å². The Labute approximate surface area is 230 Å². The fourth-order valence-corrected chi connectivity index (χ4v) is 6.21. The zero-order chi connectivity index (χ0) is 28.1. The van der Waals surface area contributed by atoms with Gasteiger partial charge in [0.2, 0.25) is 5.69 Å². The minimum absolute atomic E-state index is 0.0555. The van der Waals surface area contributed by atoms with E-state index < -0.39 is 0 Å². The van der Waals surface area contributed by atoms with Crippen molar-refractivity contribution in [1.82, 2.24) is 0 Å². The molecule has 0 bridgehead atoms. The number of hydrogen-bond acceptors (Lipinski definition) is 2. The van der Waals surface area contributed by atoms with Crippen molar-refractivity contribution in [2.45, 2.75) is 91.8 Å². The van der Waals surface area contributed by atoms with Crippen molar-refractivity contribution in [2.75, 3.05) is 0 Å². The number of aromatic nitrogens is 1. The molecule has 3 heteroatoms. The van der Waals surface area contributed by atoms with Gasteiger partial charge in [-0.05, 0) is 95.0 Å². The second kappa shape index (κ2) is 12.1. The van der Waals surface area contributed by atoms with E-state index in [1.807, 2.05) is 12.3 Å². The van der Waals surface area contributed by atoms with Crippen LogP contribution in [0.3, 0.4) is 0 Å². The molecule has 0 aliphatic heterocycles. The van der Waals surface area contributed by atoms with Gasteiger partial charge in [0.05, 0.1) is 17.3 Å². The summed E-state index contributed by atoms with van der Waals surface area (Å²) < 4.78 is 8.75. The van der Waals surface area contributed by atoms with Gasteiger partial charge in [-0.25, -0.2) is 0 Å². The van der Waals surface area contributed by atoms with Gasteiger partial charge in [0.1, 0.15) is 18.7 Å². The zero-order valence-electron chi connectivity index (χ0n) is 24.9. The van der Waals surface area contributed by atoms with Crippen LogP contribution in [-0.4, -0.2) is 11.7 Å². The Morgan fingerprint density at radius 3 is 2.24 bits per heavy atom. The summed E-state index contributed by atoms with van der Waals surface area (Å²) in [6.45, 7) is 17.6. The SMILES string of the molecule is CCC(CC)(CC(C)(C)OC(C)C=C(C)C)c1ccc(-c2ccccc2)cc1-c1c(C)cc(C#N)c[n+]1C. The van der Waals surface area contributed by atoms with Crippen LogP contribution >= 0.6 is 0 Å². The third-order valence-corrected chi connectivity index (χ3v) is 7.70. The lowest BCUT2D eigenvalue weighted by molar-refractivity contribution is -0.660. The van der Waals surface area contributed by atoms with Crippen molar-refractivity contribution >= 4 is 0 Å². The number of rotatable bonds is 10. The largest absolute Gasteiger partial charge is 0.369 e. The predicted octanol–water partition coefficient (Wildman–Crippen LogP) is 8.62. The molecule has 38 heavy (non-hydrogen) atoms. The first-order chi connectivity index (χ1) is 17.9. The lowest BCUT2D eigenvalue weighted by Crippen LogP contribution is -2.40. The molecule has 0 saturated heterocycles. The molecule has 0 radical (unpaired) electrons. The number of ether oxygens (including phenoxy) is 1. The lowest BCUT2D eigenvalue weighted by atomic mass is 9.67. The molecule has 1 aromatic heterocycles. The summed E-state index contributed by atoms with van der Waals surface area (Å²) in [7, 11) is 2.05. The normalized spacial score (nSPS) is 12.6. The van der Waals surface area contributed by atoms with Crippen LogP contribution in [0.25, 0.3) is 22.4 Å².